The highest BCUT2D eigenvalue weighted by atomic mass is 32.1. The summed E-state index contributed by atoms with van der Waals surface area (Å²) in [5.41, 5.74) is 2.08. The molecule has 1 aromatic carbocycles. The average Bonchev–Trinajstić information content (AvgIpc) is 2.69. The molecule has 2 aromatic rings. The van der Waals surface area contributed by atoms with Gasteiger partial charge in [0.2, 0.25) is 0 Å². The van der Waals surface area contributed by atoms with Crippen LogP contribution in [0.25, 0.3) is 0 Å². The zero-order chi connectivity index (χ0) is 14.0. The summed E-state index contributed by atoms with van der Waals surface area (Å²) in [4.78, 5) is 14.4. The van der Waals surface area contributed by atoms with Crippen LogP contribution in [0.1, 0.15) is 38.7 Å². The molecule has 1 amide bonds. The number of rotatable bonds is 3. The molecular weight excluding hydrogens is 258 g/mol. The van der Waals surface area contributed by atoms with Crippen LogP contribution in [0.4, 0.5) is 5.69 Å². The van der Waals surface area contributed by atoms with Gasteiger partial charge in [-0.2, -0.15) is 0 Å². The first-order chi connectivity index (χ1) is 8.99. The lowest BCUT2D eigenvalue weighted by atomic mass is 10.1. The maximum absolute atomic E-state index is 12.2. The van der Waals surface area contributed by atoms with Gasteiger partial charge < -0.3 is 10.4 Å². The van der Waals surface area contributed by atoms with Gasteiger partial charge in [-0.1, -0.05) is 18.2 Å². The number of thiophene rings is 1. The molecule has 0 saturated carbocycles. The Morgan fingerprint density at radius 3 is 2.58 bits per heavy atom. The summed E-state index contributed by atoms with van der Waals surface area (Å²) in [6.45, 7) is 5.61. The fourth-order valence-corrected chi connectivity index (χ4v) is 2.94. The molecule has 0 saturated heterocycles. The Bertz CT molecular complexity index is 602. The van der Waals surface area contributed by atoms with Gasteiger partial charge in [-0.05, 0) is 32.9 Å². The first-order valence-corrected chi connectivity index (χ1v) is 6.96. The van der Waals surface area contributed by atoms with Gasteiger partial charge >= 0.3 is 0 Å². The normalized spacial score (nSPS) is 12.2. The molecule has 4 heteroatoms. The van der Waals surface area contributed by atoms with E-state index >= 15 is 0 Å². The molecule has 0 aliphatic carbocycles. The summed E-state index contributed by atoms with van der Waals surface area (Å²) < 4.78 is 0. The molecule has 0 fully saturated rings. The fourth-order valence-electron chi connectivity index (χ4n) is 2.02. The van der Waals surface area contributed by atoms with Gasteiger partial charge in [0.15, 0.2) is 0 Å². The number of nitrogens with one attached hydrogen (secondary N) is 1. The van der Waals surface area contributed by atoms with Crippen molar-refractivity contribution in [2.45, 2.75) is 26.9 Å². The van der Waals surface area contributed by atoms with Crippen molar-refractivity contribution in [3.8, 4) is 0 Å². The van der Waals surface area contributed by atoms with Crippen LogP contribution in [0.5, 0.6) is 0 Å². The van der Waals surface area contributed by atoms with Crippen molar-refractivity contribution in [3.05, 3.63) is 51.2 Å². The van der Waals surface area contributed by atoms with Crippen LogP contribution in [0.15, 0.2) is 30.3 Å². The molecule has 2 rings (SSSR count). The minimum absolute atomic E-state index is 0.130. The van der Waals surface area contributed by atoms with E-state index in [1.165, 1.54) is 0 Å². The Kier molecular flexibility index (Phi) is 4.02. The Balaban J connectivity index is 2.27. The molecule has 1 atom stereocenters. The van der Waals surface area contributed by atoms with Crippen LogP contribution >= 0.6 is 11.3 Å². The van der Waals surface area contributed by atoms with Crippen molar-refractivity contribution < 1.29 is 9.90 Å². The Hall–Kier alpha value is -1.65. The van der Waals surface area contributed by atoms with Crippen LogP contribution < -0.4 is 5.32 Å². The molecule has 0 radical (unpaired) electrons. The van der Waals surface area contributed by atoms with Gasteiger partial charge in [-0.3, -0.25) is 4.79 Å². The number of hydrogen-bond donors (Lipinski definition) is 2. The van der Waals surface area contributed by atoms with E-state index in [4.69, 9.17) is 0 Å². The second kappa shape index (κ2) is 5.55. The third-order valence-corrected chi connectivity index (χ3v) is 3.91. The first-order valence-electron chi connectivity index (χ1n) is 6.14. The molecular formula is C15H17NO2S. The van der Waals surface area contributed by atoms with Crippen molar-refractivity contribution in [1.82, 2.24) is 0 Å². The van der Waals surface area contributed by atoms with E-state index in [0.717, 1.165) is 15.3 Å². The van der Waals surface area contributed by atoms with Gasteiger partial charge in [0.1, 0.15) is 0 Å². The molecule has 1 heterocycles. The number of aliphatic hydroxyl groups is 1. The largest absolute Gasteiger partial charge is 0.389 e. The van der Waals surface area contributed by atoms with Crippen molar-refractivity contribution in [3.63, 3.8) is 0 Å². The zero-order valence-corrected chi connectivity index (χ0v) is 12.0. The maximum Gasteiger partial charge on any atom is 0.256 e. The highest BCUT2D eigenvalue weighted by molar-refractivity contribution is 7.12. The van der Waals surface area contributed by atoms with Gasteiger partial charge in [0.25, 0.3) is 5.91 Å². The lowest BCUT2D eigenvalue weighted by Crippen LogP contribution is -2.14. The quantitative estimate of drug-likeness (QED) is 0.898. The fraction of sp³-hybridized carbons (Fsp3) is 0.267. The predicted molar refractivity (Wildman–Crippen MR) is 78.8 cm³/mol. The Morgan fingerprint density at radius 2 is 2.00 bits per heavy atom. The molecule has 0 bridgehead atoms. The summed E-state index contributed by atoms with van der Waals surface area (Å²) in [5.74, 6) is -0.130. The molecule has 1 unspecified atom stereocenters. The van der Waals surface area contributed by atoms with E-state index in [1.54, 1.807) is 24.3 Å². The number of carbonyl (C=O) groups is 1. The van der Waals surface area contributed by atoms with Crippen molar-refractivity contribution in [2.24, 2.45) is 0 Å². The zero-order valence-electron chi connectivity index (χ0n) is 11.2. The molecule has 3 nitrogen and oxygen atoms in total. The lowest BCUT2D eigenvalue weighted by Gasteiger charge is -2.12. The molecule has 19 heavy (non-hydrogen) atoms. The number of carbonyl (C=O) groups excluding carboxylic acids is 1. The van der Waals surface area contributed by atoms with E-state index in [2.05, 4.69) is 5.32 Å². The van der Waals surface area contributed by atoms with E-state index in [1.807, 2.05) is 38.1 Å². The van der Waals surface area contributed by atoms with E-state index in [-0.39, 0.29) is 5.91 Å². The number of hydrogen-bond acceptors (Lipinski definition) is 3. The van der Waals surface area contributed by atoms with Crippen molar-refractivity contribution in [1.29, 1.82) is 0 Å². The van der Waals surface area contributed by atoms with E-state index < -0.39 is 6.10 Å². The van der Waals surface area contributed by atoms with E-state index in [0.29, 0.717) is 11.3 Å². The summed E-state index contributed by atoms with van der Waals surface area (Å²) >= 11 is 1.61. The number of benzene rings is 1. The Labute approximate surface area is 116 Å². The molecule has 1 aromatic heterocycles. The van der Waals surface area contributed by atoms with Crippen LogP contribution in [0, 0.1) is 13.8 Å². The van der Waals surface area contributed by atoms with Gasteiger partial charge in [-0.25, -0.2) is 0 Å². The molecule has 100 valence electrons. The topological polar surface area (TPSA) is 49.3 Å². The summed E-state index contributed by atoms with van der Waals surface area (Å²) in [7, 11) is 0. The maximum atomic E-state index is 12.2. The molecule has 0 aliphatic rings. The van der Waals surface area contributed by atoms with Crippen LogP contribution in [-0.4, -0.2) is 11.0 Å². The second-order valence-corrected chi connectivity index (χ2v) is 6.00. The monoisotopic (exact) mass is 275 g/mol. The number of anilines is 1. The molecule has 2 N–H and O–H groups in total. The van der Waals surface area contributed by atoms with Gasteiger partial charge in [0, 0.05) is 21.0 Å². The number of amides is 1. The molecule has 0 spiro atoms. The van der Waals surface area contributed by atoms with Crippen molar-refractivity contribution in [2.75, 3.05) is 5.32 Å². The highest BCUT2D eigenvalue weighted by Gasteiger charge is 2.14. The van der Waals surface area contributed by atoms with Gasteiger partial charge in [0.05, 0.1) is 11.7 Å². The van der Waals surface area contributed by atoms with Crippen LogP contribution in [-0.2, 0) is 0 Å². The standard InChI is InChI=1S/C15H17NO2S/c1-9-8-13(11(3)19-9)15(18)16-14-7-5-4-6-12(14)10(2)17/h4-8,10,17H,1-3H3,(H,16,18). The van der Waals surface area contributed by atoms with E-state index in [9.17, 15) is 9.90 Å². The van der Waals surface area contributed by atoms with Crippen LogP contribution in [0.3, 0.4) is 0 Å². The lowest BCUT2D eigenvalue weighted by molar-refractivity contribution is 0.102. The second-order valence-electron chi connectivity index (χ2n) is 4.54. The number of aliphatic hydroxyl groups excluding tert-OH is 1. The SMILES string of the molecule is Cc1cc(C(=O)Nc2ccccc2C(C)O)c(C)s1. The minimum Gasteiger partial charge on any atom is -0.389 e. The molecule has 0 aliphatic heterocycles. The third-order valence-electron chi connectivity index (χ3n) is 2.94. The smallest absolute Gasteiger partial charge is 0.256 e. The highest BCUT2D eigenvalue weighted by Crippen LogP contribution is 2.25. The van der Waals surface area contributed by atoms with Crippen LogP contribution in [0.2, 0.25) is 0 Å². The van der Waals surface area contributed by atoms with Crippen molar-refractivity contribution >= 4 is 22.9 Å². The number of para-hydroxylation sites is 1. The Morgan fingerprint density at radius 1 is 1.32 bits per heavy atom. The number of aryl methyl sites for hydroxylation is 2. The summed E-state index contributed by atoms with van der Waals surface area (Å²) in [5, 5.41) is 12.6. The first kappa shape index (κ1) is 13.8. The minimum atomic E-state index is -0.609. The predicted octanol–water partition coefficient (Wildman–Crippen LogP) is 3.67. The van der Waals surface area contributed by atoms with Gasteiger partial charge in [-0.15, -0.1) is 11.3 Å². The summed E-state index contributed by atoms with van der Waals surface area (Å²) in [6, 6.07) is 9.19. The average molecular weight is 275 g/mol. The summed E-state index contributed by atoms with van der Waals surface area (Å²) in [6.07, 6.45) is -0.609. The third kappa shape index (κ3) is 3.03.